The fourth-order valence-corrected chi connectivity index (χ4v) is 2.40. The minimum absolute atomic E-state index is 0.217. The van der Waals surface area contributed by atoms with Gasteiger partial charge in [0.1, 0.15) is 11.7 Å². The van der Waals surface area contributed by atoms with Crippen LogP contribution < -0.4 is 4.74 Å². The molecule has 1 aliphatic rings. The van der Waals surface area contributed by atoms with Crippen LogP contribution in [0.5, 0.6) is 5.75 Å². The lowest BCUT2D eigenvalue weighted by Gasteiger charge is -2.06. The molecule has 21 heavy (non-hydrogen) atoms. The number of aromatic nitrogens is 1. The lowest BCUT2D eigenvalue weighted by molar-refractivity contribution is 0.0756. The maximum atomic E-state index is 12.4. The summed E-state index contributed by atoms with van der Waals surface area (Å²) in [6.07, 6.45) is 2.76. The Morgan fingerprint density at radius 1 is 1.05 bits per heavy atom. The second kappa shape index (κ2) is 4.94. The molecule has 0 N–H and O–H groups in total. The number of nitrogens with zero attached hydrogens (tertiary/aromatic N) is 1. The molecule has 3 rings (SSSR count). The van der Waals surface area contributed by atoms with Crippen molar-refractivity contribution in [1.29, 1.82) is 0 Å². The van der Waals surface area contributed by atoms with Gasteiger partial charge in [0, 0.05) is 29.1 Å². The standard InChI is InChI=1S/C16H11NO4/c1-21-10-4-2-9(3-5-10)14(18)13-15(19)11-6-7-17-8-12(11)16(13)20/h2-8,13H,1H3. The van der Waals surface area contributed by atoms with Gasteiger partial charge in [0.05, 0.1) is 7.11 Å². The topological polar surface area (TPSA) is 73.3 Å². The Morgan fingerprint density at radius 2 is 1.71 bits per heavy atom. The van der Waals surface area contributed by atoms with Crippen LogP contribution in [0.3, 0.4) is 0 Å². The van der Waals surface area contributed by atoms with Crippen molar-refractivity contribution in [3.63, 3.8) is 0 Å². The molecule has 0 saturated carbocycles. The molecule has 0 spiro atoms. The summed E-state index contributed by atoms with van der Waals surface area (Å²) in [4.78, 5) is 40.8. The molecule has 0 fully saturated rings. The molecule has 0 saturated heterocycles. The van der Waals surface area contributed by atoms with Crippen LogP contribution in [0.1, 0.15) is 31.1 Å². The van der Waals surface area contributed by atoms with E-state index >= 15 is 0 Å². The van der Waals surface area contributed by atoms with Crippen LogP contribution in [0.4, 0.5) is 0 Å². The number of ether oxygens (including phenoxy) is 1. The number of pyridine rings is 1. The minimum Gasteiger partial charge on any atom is -0.497 e. The molecule has 2 aromatic rings. The number of rotatable bonds is 3. The second-order valence-electron chi connectivity index (χ2n) is 4.68. The molecule has 0 aliphatic heterocycles. The van der Waals surface area contributed by atoms with Gasteiger partial charge in [0.25, 0.3) is 0 Å². The minimum atomic E-state index is -1.29. The van der Waals surface area contributed by atoms with E-state index in [1.807, 2.05) is 0 Å². The molecule has 1 aromatic heterocycles. The van der Waals surface area contributed by atoms with Gasteiger partial charge in [-0.3, -0.25) is 19.4 Å². The molecule has 0 bridgehead atoms. The summed E-state index contributed by atoms with van der Waals surface area (Å²) in [6.45, 7) is 0. The van der Waals surface area contributed by atoms with Crippen LogP contribution in [0.2, 0.25) is 0 Å². The van der Waals surface area contributed by atoms with E-state index in [1.165, 1.54) is 25.6 Å². The number of carbonyl (C=O) groups excluding carboxylic acids is 3. The highest BCUT2D eigenvalue weighted by atomic mass is 16.5. The predicted molar refractivity (Wildman–Crippen MR) is 73.7 cm³/mol. The van der Waals surface area contributed by atoms with Gasteiger partial charge in [-0.25, -0.2) is 0 Å². The summed E-state index contributed by atoms with van der Waals surface area (Å²) in [6, 6.07) is 7.79. The zero-order valence-corrected chi connectivity index (χ0v) is 11.2. The molecule has 1 aliphatic carbocycles. The van der Waals surface area contributed by atoms with Crippen LogP contribution in [0, 0.1) is 5.92 Å². The third-order valence-electron chi connectivity index (χ3n) is 3.51. The molecule has 1 unspecified atom stereocenters. The summed E-state index contributed by atoms with van der Waals surface area (Å²) >= 11 is 0. The van der Waals surface area contributed by atoms with E-state index in [0.717, 1.165) is 0 Å². The van der Waals surface area contributed by atoms with E-state index in [-0.39, 0.29) is 11.1 Å². The number of hydrogen-bond donors (Lipinski definition) is 0. The predicted octanol–water partition coefficient (Wildman–Crippen LogP) is 1.97. The van der Waals surface area contributed by atoms with Crippen LogP contribution >= 0.6 is 0 Å². The van der Waals surface area contributed by atoms with Gasteiger partial charge in [0.2, 0.25) is 0 Å². The van der Waals surface area contributed by atoms with Crippen molar-refractivity contribution in [3.05, 3.63) is 59.4 Å². The normalized spacial score (nSPS) is 16.7. The third kappa shape index (κ3) is 2.03. The van der Waals surface area contributed by atoms with E-state index in [1.54, 1.807) is 24.3 Å². The van der Waals surface area contributed by atoms with E-state index in [0.29, 0.717) is 11.3 Å². The average molecular weight is 281 g/mol. The lowest BCUT2D eigenvalue weighted by Crippen LogP contribution is -2.25. The van der Waals surface area contributed by atoms with Crippen molar-refractivity contribution in [3.8, 4) is 5.75 Å². The number of hydrogen-bond acceptors (Lipinski definition) is 5. The number of carbonyl (C=O) groups is 3. The third-order valence-corrected chi connectivity index (χ3v) is 3.51. The SMILES string of the molecule is COc1ccc(C(=O)C2C(=O)c3ccncc3C2=O)cc1. The maximum absolute atomic E-state index is 12.4. The van der Waals surface area contributed by atoms with E-state index in [4.69, 9.17) is 4.74 Å². The number of fused-ring (bicyclic) bond motifs is 1. The first-order chi connectivity index (χ1) is 10.1. The largest absolute Gasteiger partial charge is 0.497 e. The van der Waals surface area contributed by atoms with Crippen LogP contribution in [-0.2, 0) is 0 Å². The Balaban J connectivity index is 1.96. The quantitative estimate of drug-likeness (QED) is 0.635. The van der Waals surface area contributed by atoms with Gasteiger partial charge in [-0.05, 0) is 30.3 Å². The lowest BCUT2D eigenvalue weighted by atomic mass is 9.93. The molecule has 1 atom stereocenters. The molecule has 1 heterocycles. The molecular weight excluding hydrogens is 270 g/mol. The fraction of sp³-hybridized carbons (Fsp3) is 0.125. The number of methoxy groups -OCH3 is 1. The zero-order chi connectivity index (χ0) is 15.0. The Hall–Kier alpha value is -2.82. The highest BCUT2D eigenvalue weighted by Gasteiger charge is 2.43. The maximum Gasteiger partial charge on any atom is 0.183 e. The monoisotopic (exact) mass is 281 g/mol. The number of Topliss-reactive ketones (excluding diaryl/α,β-unsaturated/α-hetero) is 3. The molecular formula is C16H11NO4. The van der Waals surface area contributed by atoms with Gasteiger partial charge in [0.15, 0.2) is 17.3 Å². The van der Waals surface area contributed by atoms with Crippen molar-refractivity contribution in [2.24, 2.45) is 5.92 Å². The Bertz CT molecular complexity index is 714. The molecule has 0 radical (unpaired) electrons. The number of benzene rings is 1. The van der Waals surface area contributed by atoms with Crippen LogP contribution in [0.25, 0.3) is 0 Å². The first kappa shape index (κ1) is 13.2. The summed E-state index contributed by atoms with van der Waals surface area (Å²) < 4.78 is 5.01. The van der Waals surface area contributed by atoms with E-state index in [9.17, 15) is 14.4 Å². The highest BCUT2D eigenvalue weighted by Crippen LogP contribution is 2.29. The van der Waals surface area contributed by atoms with Crippen molar-refractivity contribution < 1.29 is 19.1 Å². The second-order valence-corrected chi connectivity index (χ2v) is 4.68. The summed E-state index contributed by atoms with van der Waals surface area (Å²) in [5, 5.41) is 0. The summed E-state index contributed by atoms with van der Waals surface area (Å²) in [7, 11) is 1.52. The molecule has 1 aromatic carbocycles. The number of ketones is 3. The van der Waals surface area contributed by atoms with Gasteiger partial charge in [-0.1, -0.05) is 0 Å². The highest BCUT2D eigenvalue weighted by molar-refractivity contribution is 6.37. The Labute approximate surface area is 120 Å². The van der Waals surface area contributed by atoms with Crippen molar-refractivity contribution in [2.75, 3.05) is 7.11 Å². The van der Waals surface area contributed by atoms with Gasteiger partial charge in [-0.2, -0.15) is 0 Å². The summed E-state index contributed by atoms with van der Waals surface area (Å²) in [5.41, 5.74) is 0.791. The zero-order valence-electron chi connectivity index (χ0n) is 11.2. The van der Waals surface area contributed by atoms with Gasteiger partial charge in [-0.15, -0.1) is 0 Å². The first-order valence-corrected chi connectivity index (χ1v) is 6.34. The van der Waals surface area contributed by atoms with Gasteiger partial charge >= 0.3 is 0 Å². The summed E-state index contributed by atoms with van der Waals surface area (Å²) in [5.74, 6) is -2.13. The van der Waals surface area contributed by atoms with Crippen LogP contribution in [0.15, 0.2) is 42.7 Å². The average Bonchev–Trinajstić information content (AvgIpc) is 2.79. The Kier molecular flexibility index (Phi) is 3.10. The molecule has 0 amide bonds. The first-order valence-electron chi connectivity index (χ1n) is 6.34. The van der Waals surface area contributed by atoms with Crippen molar-refractivity contribution >= 4 is 17.3 Å². The Morgan fingerprint density at radius 3 is 2.33 bits per heavy atom. The van der Waals surface area contributed by atoms with Crippen molar-refractivity contribution in [1.82, 2.24) is 4.98 Å². The fourth-order valence-electron chi connectivity index (χ4n) is 2.40. The molecule has 5 nitrogen and oxygen atoms in total. The van der Waals surface area contributed by atoms with Crippen LogP contribution in [-0.4, -0.2) is 29.4 Å². The van der Waals surface area contributed by atoms with Gasteiger partial charge < -0.3 is 4.74 Å². The van der Waals surface area contributed by atoms with E-state index in [2.05, 4.69) is 4.98 Å². The molecule has 104 valence electrons. The van der Waals surface area contributed by atoms with E-state index < -0.39 is 23.3 Å². The molecule has 5 heteroatoms. The smallest absolute Gasteiger partial charge is 0.183 e. The van der Waals surface area contributed by atoms with Crippen molar-refractivity contribution in [2.45, 2.75) is 0 Å².